The number of halogens is 1. The van der Waals surface area contributed by atoms with E-state index in [1.807, 2.05) is 31.2 Å². The highest BCUT2D eigenvalue weighted by atomic mass is 35.5. The van der Waals surface area contributed by atoms with Crippen molar-refractivity contribution < 1.29 is 18.1 Å². The van der Waals surface area contributed by atoms with Gasteiger partial charge in [0.15, 0.2) is 0 Å². The number of rotatable bonds is 8. The molecule has 0 unspecified atom stereocenters. The molecule has 0 aliphatic heterocycles. The molecule has 0 aliphatic rings. The molecule has 0 radical (unpaired) electrons. The van der Waals surface area contributed by atoms with Crippen molar-refractivity contribution in [2.24, 2.45) is 5.10 Å². The Morgan fingerprint density at radius 2 is 1.76 bits per heavy atom. The van der Waals surface area contributed by atoms with Crippen LogP contribution in [0.4, 0.5) is 11.4 Å². The maximum Gasteiger partial charge on any atom is 0.271 e. The van der Waals surface area contributed by atoms with E-state index in [2.05, 4.69) is 10.5 Å². The van der Waals surface area contributed by atoms with E-state index >= 15 is 0 Å². The van der Waals surface area contributed by atoms with E-state index in [-0.39, 0.29) is 28.4 Å². The summed E-state index contributed by atoms with van der Waals surface area (Å²) in [6.45, 7) is 2.10. The molecule has 1 N–H and O–H groups in total. The smallest absolute Gasteiger partial charge is 0.267 e. The average Bonchev–Trinajstić information content (AvgIpc) is 2.79. The van der Waals surface area contributed by atoms with Crippen molar-refractivity contribution in [1.29, 1.82) is 0 Å². The predicted molar refractivity (Wildman–Crippen MR) is 132 cm³/mol. The molecule has 0 spiro atoms. The number of nitrogens with zero attached hydrogens (tertiary/aromatic N) is 3. The van der Waals surface area contributed by atoms with Crippen molar-refractivity contribution in [3.8, 4) is 0 Å². The lowest BCUT2D eigenvalue weighted by Crippen LogP contribution is -2.29. The molecule has 0 heterocycles. The number of amides is 1. The Kier molecular flexibility index (Phi) is 7.64. The monoisotopic (exact) mass is 500 g/mol. The Morgan fingerprint density at radius 1 is 1.12 bits per heavy atom. The normalized spacial score (nSPS) is 11.4. The second-order valence-corrected chi connectivity index (χ2v) is 9.78. The largest absolute Gasteiger partial charge is 0.271 e. The van der Waals surface area contributed by atoms with Crippen molar-refractivity contribution in [1.82, 2.24) is 5.43 Å². The number of carbonyl (C=O) groups excluding carboxylic acids is 1. The minimum Gasteiger partial charge on any atom is -0.267 e. The Labute approximate surface area is 201 Å². The SMILES string of the molecule is Cc1ccc(CN(c2ccc(C(=O)N/N=C\c3cc([N+](=O)[O-])ccc3Cl)cc2)S(C)(=O)=O)cc1. The zero-order valence-electron chi connectivity index (χ0n) is 18.3. The molecule has 3 rings (SSSR count). The number of non-ortho nitro benzene ring substituents is 1. The van der Waals surface area contributed by atoms with Crippen LogP contribution in [0.25, 0.3) is 0 Å². The first-order chi connectivity index (χ1) is 16.0. The molecule has 176 valence electrons. The average molecular weight is 501 g/mol. The number of hydrogen-bond donors (Lipinski definition) is 1. The van der Waals surface area contributed by atoms with Crippen LogP contribution in [0.2, 0.25) is 5.02 Å². The predicted octanol–water partition coefficient (Wildman–Crippen LogP) is 4.29. The molecule has 3 aromatic rings. The number of aryl methyl sites for hydroxylation is 1. The Balaban J connectivity index is 1.73. The van der Waals surface area contributed by atoms with Crippen LogP contribution in [0.15, 0.2) is 71.8 Å². The van der Waals surface area contributed by atoms with Crippen LogP contribution in [-0.2, 0) is 16.6 Å². The molecule has 11 heteroatoms. The number of hydrazone groups is 1. The molecule has 0 saturated carbocycles. The van der Waals surface area contributed by atoms with E-state index < -0.39 is 20.9 Å². The third kappa shape index (κ3) is 6.40. The third-order valence-electron chi connectivity index (χ3n) is 4.82. The standard InChI is InChI=1S/C23H21ClN4O5S/c1-16-3-5-17(6-4-16)15-27(34(2,32)33)20-9-7-18(8-10-20)23(29)26-25-14-19-13-21(28(30)31)11-12-22(19)24/h3-14H,15H2,1-2H3,(H,26,29)/b25-14-. The van der Waals surface area contributed by atoms with Crippen molar-refractivity contribution in [3.63, 3.8) is 0 Å². The molecule has 0 aliphatic carbocycles. The zero-order valence-corrected chi connectivity index (χ0v) is 19.9. The quantitative estimate of drug-likeness (QED) is 0.281. The van der Waals surface area contributed by atoms with Crippen LogP contribution in [0.5, 0.6) is 0 Å². The first kappa shape index (κ1) is 24.9. The highest BCUT2D eigenvalue weighted by Gasteiger charge is 2.18. The molecule has 0 bridgehead atoms. The van der Waals surface area contributed by atoms with Gasteiger partial charge in [0, 0.05) is 28.3 Å². The molecule has 0 saturated heterocycles. The summed E-state index contributed by atoms with van der Waals surface area (Å²) in [5, 5.41) is 14.9. The summed E-state index contributed by atoms with van der Waals surface area (Å²) in [7, 11) is -3.57. The maximum atomic E-state index is 12.4. The number of benzene rings is 3. The maximum absolute atomic E-state index is 12.4. The molecule has 1 amide bonds. The van der Waals surface area contributed by atoms with Crippen molar-refractivity contribution in [2.75, 3.05) is 10.6 Å². The zero-order chi connectivity index (χ0) is 24.9. The highest BCUT2D eigenvalue weighted by molar-refractivity contribution is 7.92. The Bertz CT molecular complexity index is 1340. The second-order valence-electron chi connectivity index (χ2n) is 7.46. The van der Waals surface area contributed by atoms with Crippen LogP contribution in [-0.4, -0.2) is 31.7 Å². The first-order valence-corrected chi connectivity index (χ1v) is 12.2. The minimum absolute atomic E-state index is 0.152. The summed E-state index contributed by atoms with van der Waals surface area (Å²) in [5.41, 5.74) is 4.98. The van der Waals surface area contributed by atoms with Crippen LogP contribution in [0, 0.1) is 17.0 Å². The molecule has 0 aromatic heterocycles. The fourth-order valence-electron chi connectivity index (χ4n) is 3.01. The molecule has 3 aromatic carbocycles. The number of hydrogen-bond acceptors (Lipinski definition) is 6. The molecular weight excluding hydrogens is 480 g/mol. The van der Waals surface area contributed by atoms with Gasteiger partial charge in [0.2, 0.25) is 10.0 Å². The topological polar surface area (TPSA) is 122 Å². The number of nitro groups is 1. The van der Waals surface area contributed by atoms with E-state index in [0.29, 0.717) is 5.69 Å². The molecule has 0 fully saturated rings. The van der Waals surface area contributed by atoms with E-state index in [0.717, 1.165) is 17.4 Å². The van der Waals surface area contributed by atoms with Gasteiger partial charge in [-0.1, -0.05) is 41.4 Å². The lowest BCUT2D eigenvalue weighted by atomic mass is 10.1. The summed E-state index contributed by atoms with van der Waals surface area (Å²) >= 11 is 6.00. The highest BCUT2D eigenvalue weighted by Crippen LogP contribution is 2.22. The summed E-state index contributed by atoms with van der Waals surface area (Å²) < 4.78 is 26.0. The number of carbonyl (C=O) groups is 1. The van der Waals surface area contributed by atoms with E-state index in [1.165, 1.54) is 53.0 Å². The third-order valence-corrected chi connectivity index (χ3v) is 6.31. The van der Waals surface area contributed by atoms with Gasteiger partial charge in [0.1, 0.15) is 0 Å². The van der Waals surface area contributed by atoms with Gasteiger partial charge < -0.3 is 0 Å². The summed E-state index contributed by atoms with van der Waals surface area (Å²) in [6.07, 6.45) is 2.32. The van der Waals surface area contributed by atoms with Crippen LogP contribution < -0.4 is 9.73 Å². The summed E-state index contributed by atoms with van der Waals surface area (Å²) in [4.78, 5) is 22.7. The van der Waals surface area contributed by atoms with Gasteiger partial charge in [0.05, 0.1) is 29.6 Å². The van der Waals surface area contributed by atoms with Crippen molar-refractivity contribution >= 4 is 45.1 Å². The molecule has 9 nitrogen and oxygen atoms in total. The number of sulfonamides is 1. The van der Waals surface area contributed by atoms with Crippen LogP contribution in [0.1, 0.15) is 27.0 Å². The van der Waals surface area contributed by atoms with Gasteiger partial charge in [-0.15, -0.1) is 0 Å². The van der Waals surface area contributed by atoms with Crippen molar-refractivity contribution in [3.05, 3.63) is 104 Å². The van der Waals surface area contributed by atoms with Gasteiger partial charge in [0.25, 0.3) is 11.6 Å². The fraction of sp³-hybridized carbons (Fsp3) is 0.130. The molecule has 34 heavy (non-hydrogen) atoms. The van der Waals surface area contributed by atoms with Gasteiger partial charge in [-0.3, -0.25) is 19.2 Å². The van der Waals surface area contributed by atoms with Crippen LogP contribution >= 0.6 is 11.6 Å². The second kappa shape index (κ2) is 10.4. The van der Waals surface area contributed by atoms with Crippen molar-refractivity contribution in [2.45, 2.75) is 13.5 Å². The Morgan fingerprint density at radius 3 is 2.35 bits per heavy atom. The lowest BCUT2D eigenvalue weighted by molar-refractivity contribution is -0.384. The minimum atomic E-state index is -3.57. The summed E-state index contributed by atoms with van der Waals surface area (Å²) in [5.74, 6) is -0.547. The molecular formula is C23H21ClN4O5S. The van der Waals surface area contributed by atoms with E-state index in [9.17, 15) is 23.3 Å². The summed E-state index contributed by atoms with van der Waals surface area (Å²) in [6, 6.07) is 17.4. The number of anilines is 1. The van der Waals surface area contributed by atoms with Gasteiger partial charge >= 0.3 is 0 Å². The van der Waals surface area contributed by atoms with Gasteiger partial charge in [-0.2, -0.15) is 5.10 Å². The fourth-order valence-corrected chi connectivity index (χ4v) is 4.06. The van der Waals surface area contributed by atoms with E-state index in [1.54, 1.807) is 0 Å². The van der Waals surface area contributed by atoms with Gasteiger partial charge in [-0.05, 0) is 42.8 Å². The number of nitro benzene ring substituents is 1. The first-order valence-electron chi connectivity index (χ1n) is 9.95. The lowest BCUT2D eigenvalue weighted by Gasteiger charge is -2.22. The molecule has 0 atom stereocenters. The van der Waals surface area contributed by atoms with E-state index in [4.69, 9.17) is 11.6 Å². The van der Waals surface area contributed by atoms with Crippen LogP contribution in [0.3, 0.4) is 0 Å². The number of nitrogens with one attached hydrogen (secondary N) is 1. The Hall–Kier alpha value is -3.76. The van der Waals surface area contributed by atoms with Gasteiger partial charge in [-0.25, -0.2) is 13.8 Å².